The van der Waals surface area contributed by atoms with E-state index in [1.807, 2.05) is 11.3 Å². The summed E-state index contributed by atoms with van der Waals surface area (Å²) < 4.78 is 2.64. The first-order valence-electron chi connectivity index (χ1n) is 15.7. The van der Waals surface area contributed by atoms with Crippen molar-refractivity contribution in [3.63, 3.8) is 0 Å². The van der Waals surface area contributed by atoms with Gasteiger partial charge in [-0.05, 0) is 74.8 Å². The number of thiophene rings is 1. The number of hydrogen-bond donors (Lipinski definition) is 0. The molecule has 0 spiro atoms. The highest BCUT2D eigenvalue weighted by atomic mass is 32.1. The van der Waals surface area contributed by atoms with E-state index in [9.17, 15) is 0 Å². The average molecular weight is 604 g/mol. The second-order valence-corrected chi connectivity index (χ2v) is 12.8. The average Bonchev–Trinajstić information content (AvgIpc) is 3.52. The highest BCUT2D eigenvalue weighted by molar-refractivity contribution is 7.26. The van der Waals surface area contributed by atoms with E-state index in [2.05, 4.69) is 181 Å². The van der Waals surface area contributed by atoms with Crippen LogP contribution in [-0.4, -0.2) is 0 Å². The largest absolute Gasteiger partial charge is 0.310 e. The second kappa shape index (κ2) is 11.0. The molecule has 216 valence electrons. The smallest absolute Gasteiger partial charge is 0.0554 e. The molecule has 9 rings (SSSR count). The molecular formula is C44H29NS. The Morgan fingerprint density at radius 3 is 1.78 bits per heavy atom. The van der Waals surface area contributed by atoms with Crippen LogP contribution in [0.15, 0.2) is 176 Å². The van der Waals surface area contributed by atoms with E-state index < -0.39 is 0 Å². The third-order valence-corrected chi connectivity index (χ3v) is 10.3. The molecule has 0 aliphatic heterocycles. The number of fused-ring (bicyclic) bond motifs is 6. The maximum atomic E-state index is 2.42. The van der Waals surface area contributed by atoms with Gasteiger partial charge < -0.3 is 4.90 Å². The zero-order chi connectivity index (χ0) is 30.5. The van der Waals surface area contributed by atoms with Gasteiger partial charge in [0.2, 0.25) is 0 Å². The molecule has 0 bridgehead atoms. The fraction of sp³-hybridized carbons (Fsp3) is 0. The number of rotatable bonds is 5. The fourth-order valence-corrected chi connectivity index (χ4v) is 8.11. The summed E-state index contributed by atoms with van der Waals surface area (Å²) in [5.74, 6) is 0. The van der Waals surface area contributed by atoms with Gasteiger partial charge in [0.15, 0.2) is 0 Å². The molecule has 0 radical (unpaired) electrons. The molecule has 0 saturated carbocycles. The molecule has 0 aliphatic rings. The van der Waals surface area contributed by atoms with E-state index in [-0.39, 0.29) is 0 Å². The van der Waals surface area contributed by atoms with E-state index in [1.165, 1.54) is 69.7 Å². The predicted molar refractivity (Wildman–Crippen MR) is 200 cm³/mol. The van der Waals surface area contributed by atoms with Crippen molar-refractivity contribution < 1.29 is 0 Å². The van der Waals surface area contributed by atoms with Crippen LogP contribution in [0, 0.1) is 0 Å². The SMILES string of the molecule is c1ccc(-c2ccc(N(c3ccc(-c4cccc5ccccc45)cc3)c3cccc4ccc5c6ccccc6sc5c34)cc2)cc1. The number of nitrogens with zero attached hydrogens (tertiary/aromatic N) is 1. The van der Waals surface area contributed by atoms with Crippen LogP contribution < -0.4 is 4.90 Å². The standard InChI is InChI=1S/C44H29NS/c1-2-10-30(11-3-1)31-20-25-35(26-21-31)45(36-27-22-33(23-28-36)38-17-8-13-32-12-4-5-15-37(32)38)41-18-9-14-34-24-29-40-39-16-6-7-19-42(39)46-44(40)43(34)41/h1-29H. The quantitative estimate of drug-likeness (QED) is 0.189. The van der Waals surface area contributed by atoms with E-state index in [0.717, 1.165) is 11.4 Å². The normalized spacial score (nSPS) is 11.5. The van der Waals surface area contributed by atoms with Crippen molar-refractivity contribution in [2.24, 2.45) is 0 Å². The molecule has 0 atom stereocenters. The molecule has 0 fully saturated rings. The molecular weight excluding hydrogens is 575 g/mol. The van der Waals surface area contributed by atoms with Gasteiger partial charge in [-0.3, -0.25) is 0 Å². The number of benzene rings is 8. The Morgan fingerprint density at radius 2 is 0.978 bits per heavy atom. The molecule has 0 N–H and O–H groups in total. The summed E-state index contributed by atoms with van der Waals surface area (Å²) in [7, 11) is 0. The van der Waals surface area contributed by atoms with Crippen LogP contribution in [-0.2, 0) is 0 Å². The molecule has 0 saturated heterocycles. The lowest BCUT2D eigenvalue weighted by molar-refractivity contribution is 1.30. The van der Waals surface area contributed by atoms with Crippen LogP contribution in [0.3, 0.4) is 0 Å². The molecule has 0 aliphatic carbocycles. The van der Waals surface area contributed by atoms with Gasteiger partial charge in [-0.25, -0.2) is 0 Å². The minimum Gasteiger partial charge on any atom is -0.310 e. The Hall–Kier alpha value is -5.70. The van der Waals surface area contributed by atoms with Crippen LogP contribution in [0.2, 0.25) is 0 Å². The van der Waals surface area contributed by atoms with Crippen LogP contribution in [0.25, 0.3) is 64.0 Å². The second-order valence-electron chi connectivity index (χ2n) is 11.7. The van der Waals surface area contributed by atoms with Crippen molar-refractivity contribution in [3.8, 4) is 22.3 Å². The van der Waals surface area contributed by atoms with E-state index in [0.29, 0.717) is 0 Å². The van der Waals surface area contributed by atoms with Gasteiger partial charge in [0.1, 0.15) is 0 Å². The molecule has 1 aromatic heterocycles. The minimum atomic E-state index is 1.13. The van der Waals surface area contributed by atoms with Crippen molar-refractivity contribution >= 4 is 70.1 Å². The lowest BCUT2D eigenvalue weighted by Crippen LogP contribution is -2.10. The summed E-state index contributed by atoms with van der Waals surface area (Å²) in [6, 6.07) is 63.9. The van der Waals surface area contributed by atoms with Crippen molar-refractivity contribution in [1.29, 1.82) is 0 Å². The third-order valence-electron chi connectivity index (χ3n) is 9.06. The third kappa shape index (κ3) is 4.46. The van der Waals surface area contributed by atoms with Crippen LogP contribution >= 0.6 is 11.3 Å². The maximum Gasteiger partial charge on any atom is 0.0554 e. The lowest BCUT2D eigenvalue weighted by atomic mass is 9.97. The van der Waals surface area contributed by atoms with Gasteiger partial charge in [0, 0.05) is 36.9 Å². The predicted octanol–water partition coefficient (Wildman–Crippen LogP) is 13.2. The van der Waals surface area contributed by atoms with Crippen LogP contribution in [0.4, 0.5) is 17.1 Å². The van der Waals surface area contributed by atoms with Gasteiger partial charge in [-0.2, -0.15) is 0 Å². The molecule has 1 heterocycles. The topological polar surface area (TPSA) is 3.24 Å². The van der Waals surface area contributed by atoms with Gasteiger partial charge in [-0.15, -0.1) is 11.3 Å². The monoisotopic (exact) mass is 603 g/mol. The molecule has 46 heavy (non-hydrogen) atoms. The van der Waals surface area contributed by atoms with Crippen molar-refractivity contribution in [2.45, 2.75) is 0 Å². The first-order valence-corrected chi connectivity index (χ1v) is 16.5. The number of hydrogen-bond acceptors (Lipinski definition) is 2. The highest BCUT2D eigenvalue weighted by Crippen LogP contribution is 2.46. The number of anilines is 3. The molecule has 0 unspecified atom stereocenters. The minimum absolute atomic E-state index is 1.13. The zero-order valence-corrected chi connectivity index (χ0v) is 25.9. The highest BCUT2D eigenvalue weighted by Gasteiger charge is 2.19. The van der Waals surface area contributed by atoms with E-state index >= 15 is 0 Å². The van der Waals surface area contributed by atoms with Crippen molar-refractivity contribution in [1.82, 2.24) is 0 Å². The summed E-state index contributed by atoms with van der Waals surface area (Å²) in [5, 5.41) is 7.68. The van der Waals surface area contributed by atoms with Gasteiger partial charge >= 0.3 is 0 Å². The fourth-order valence-electron chi connectivity index (χ4n) is 6.85. The lowest BCUT2D eigenvalue weighted by Gasteiger charge is -2.27. The summed E-state index contributed by atoms with van der Waals surface area (Å²) in [6.45, 7) is 0. The summed E-state index contributed by atoms with van der Waals surface area (Å²) in [6.07, 6.45) is 0. The Bertz CT molecular complexity index is 2500. The van der Waals surface area contributed by atoms with Crippen LogP contribution in [0.5, 0.6) is 0 Å². The van der Waals surface area contributed by atoms with E-state index in [4.69, 9.17) is 0 Å². The first kappa shape index (κ1) is 26.7. The Morgan fingerprint density at radius 1 is 0.370 bits per heavy atom. The summed E-state index contributed by atoms with van der Waals surface area (Å²) >= 11 is 1.89. The van der Waals surface area contributed by atoms with Crippen molar-refractivity contribution in [2.75, 3.05) is 4.90 Å². The molecule has 8 aromatic carbocycles. The maximum absolute atomic E-state index is 2.42. The van der Waals surface area contributed by atoms with Crippen molar-refractivity contribution in [3.05, 3.63) is 176 Å². The first-order chi connectivity index (χ1) is 22.8. The Labute approximate surface area is 272 Å². The van der Waals surface area contributed by atoms with Crippen LogP contribution in [0.1, 0.15) is 0 Å². The Kier molecular flexibility index (Phi) is 6.40. The zero-order valence-electron chi connectivity index (χ0n) is 25.1. The molecule has 0 amide bonds. The molecule has 9 aromatic rings. The van der Waals surface area contributed by atoms with Gasteiger partial charge in [-0.1, -0.05) is 140 Å². The van der Waals surface area contributed by atoms with E-state index in [1.54, 1.807) is 0 Å². The molecule has 1 nitrogen and oxygen atoms in total. The van der Waals surface area contributed by atoms with Gasteiger partial charge in [0.05, 0.1) is 5.69 Å². The molecule has 2 heteroatoms. The Balaban J connectivity index is 1.25. The summed E-state index contributed by atoms with van der Waals surface area (Å²) in [5.41, 5.74) is 8.33. The summed E-state index contributed by atoms with van der Waals surface area (Å²) in [4.78, 5) is 2.42. The van der Waals surface area contributed by atoms with Gasteiger partial charge in [0.25, 0.3) is 0 Å².